The van der Waals surface area contributed by atoms with Crippen LogP contribution in [-0.2, 0) is 0 Å². The minimum absolute atomic E-state index is 0.0193. The summed E-state index contributed by atoms with van der Waals surface area (Å²) < 4.78 is 5.37. The van der Waals surface area contributed by atoms with Crippen molar-refractivity contribution in [2.24, 2.45) is 5.92 Å². The summed E-state index contributed by atoms with van der Waals surface area (Å²) in [6.45, 7) is 6.20. The van der Waals surface area contributed by atoms with Crippen LogP contribution in [0.2, 0.25) is 0 Å². The Labute approximate surface area is 134 Å². The predicted octanol–water partition coefficient (Wildman–Crippen LogP) is 2.00. The Kier molecular flexibility index (Phi) is 4.59. The molecule has 1 unspecified atom stereocenters. The molecule has 1 atom stereocenters. The number of hydrogen-bond acceptors (Lipinski definition) is 5. The number of likely N-dealkylation sites (tertiary alicyclic amines) is 1. The summed E-state index contributed by atoms with van der Waals surface area (Å²) in [4.78, 5) is 25.5. The van der Waals surface area contributed by atoms with Crippen LogP contribution in [0.5, 0.6) is 0 Å². The van der Waals surface area contributed by atoms with Crippen molar-refractivity contribution in [1.29, 1.82) is 0 Å². The number of carbonyl (C=O) groups is 1. The van der Waals surface area contributed by atoms with Gasteiger partial charge in [0.2, 0.25) is 11.7 Å². The van der Waals surface area contributed by atoms with Gasteiger partial charge in [0.15, 0.2) is 5.82 Å². The summed E-state index contributed by atoms with van der Waals surface area (Å²) in [7, 11) is 0. The standard InChI is InChI=1S/C15H22N6O2/c1-10(2)8-18-15(22)21-7-3-4-11(9-21)14-19-13(20-23-14)12-16-5-6-17-12/h5-6,10-11H,3-4,7-9H2,1-2H3,(H,16,17)(H,18,22). The highest BCUT2D eigenvalue weighted by Crippen LogP contribution is 2.26. The maximum atomic E-state index is 12.2. The second-order valence-electron chi connectivity index (χ2n) is 6.26. The van der Waals surface area contributed by atoms with Crippen LogP contribution >= 0.6 is 0 Å². The molecule has 2 N–H and O–H groups in total. The lowest BCUT2D eigenvalue weighted by molar-refractivity contribution is 0.171. The number of carbonyl (C=O) groups excluding carboxylic acids is 1. The maximum absolute atomic E-state index is 12.2. The van der Waals surface area contributed by atoms with E-state index in [1.807, 2.05) is 4.90 Å². The van der Waals surface area contributed by atoms with Gasteiger partial charge in [-0.1, -0.05) is 19.0 Å². The van der Waals surface area contributed by atoms with Gasteiger partial charge in [0, 0.05) is 32.0 Å². The summed E-state index contributed by atoms with van der Waals surface area (Å²) in [6.07, 6.45) is 5.23. The second-order valence-corrected chi connectivity index (χ2v) is 6.26. The Hall–Kier alpha value is -2.38. The molecule has 23 heavy (non-hydrogen) atoms. The van der Waals surface area contributed by atoms with Crippen molar-refractivity contribution >= 4 is 6.03 Å². The zero-order chi connectivity index (χ0) is 16.2. The van der Waals surface area contributed by atoms with Crippen LogP contribution in [-0.4, -0.2) is 50.7 Å². The monoisotopic (exact) mass is 318 g/mol. The molecule has 3 rings (SSSR count). The Morgan fingerprint density at radius 1 is 1.57 bits per heavy atom. The maximum Gasteiger partial charge on any atom is 0.317 e. The zero-order valence-electron chi connectivity index (χ0n) is 13.5. The molecule has 8 nitrogen and oxygen atoms in total. The lowest BCUT2D eigenvalue weighted by Crippen LogP contribution is -2.45. The topological polar surface area (TPSA) is 99.9 Å². The Balaban J connectivity index is 1.63. The summed E-state index contributed by atoms with van der Waals surface area (Å²) in [5.41, 5.74) is 0. The van der Waals surface area contributed by atoms with Crippen molar-refractivity contribution in [1.82, 2.24) is 30.3 Å². The van der Waals surface area contributed by atoms with E-state index in [9.17, 15) is 4.79 Å². The van der Waals surface area contributed by atoms with E-state index in [1.165, 1.54) is 0 Å². The number of H-pyrrole nitrogens is 1. The van der Waals surface area contributed by atoms with Crippen LogP contribution < -0.4 is 5.32 Å². The number of aromatic nitrogens is 4. The van der Waals surface area contributed by atoms with Gasteiger partial charge in [-0.3, -0.25) is 0 Å². The molecule has 1 aliphatic heterocycles. The van der Waals surface area contributed by atoms with E-state index in [0.29, 0.717) is 36.5 Å². The molecule has 1 aliphatic rings. The quantitative estimate of drug-likeness (QED) is 0.898. The van der Waals surface area contributed by atoms with Gasteiger partial charge in [-0.2, -0.15) is 4.98 Å². The predicted molar refractivity (Wildman–Crippen MR) is 83.7 cm³/mol. The summed E-state index contributed by atoms with van der Waals surface area (Å²) in [5, 5.41) is 6.92. The highest BCUT2D eigenvalue weighted by atomic mass is 16.5. The van der Waals surface area contributed by atoms with E-state index in [2.05, 4.69) is 39.3 Å². The summed E-state index contributed by atoms with van der Waals surface area (Å²) in [6, 6.07) is -0.0193. The van der Waals surface area contributed by atoms with E-state index < -0.39 is 0 Å². The molecular weight excluding hydrogens is 296 g/mol. The molecule has 0 saturated carbocycles. The number of piperidine rings is 1. The van der Waals surface area contributed by atoms with E-state index in [-0.39, 0.29) is 11.9 Å². The van der Waals surface area contributed by atoms with Gasteiger partial charge in [0.1, 0.15) is 0 Å². The fourth-order valence-electron chi connectivity index (χ4n) is 2.65. The molecule has 0 aliphatic carbocycles. The lowest BCUT2D eigenvalue weighted by atomic mass is 9.98. The molecule has 0 aromatic carbocycles. The molecule has 2 aromatic rings. The minimum Gasteiger partial charge on any atom is -0.342 e. The van der Waals surface area contributed by atoms with Gasteiger partial charge in [-0.25, -0.2) is 9.78 Å². The first kappa shape index (κ1) is 15.5. The van der Waals surface area contributed by atoms with Crippen molar-refractivity contribution in [2.75, 3.05) is 19.6 Å². The van der Waals surface area contributed by atoms with Crippen molar-refractivity contribution in [3.63, 3.8) is 0 Å². The van der Waals surface area contributed by atoms with Crippen molar-refractivity contribution in [3.05, 3.63) is 18.3 Å². The van der Waals surface area contributed by atoms with Crippen LogP contribution in [0.3, 0.4) is 0 Å². The van der Waals surface area contributed by atoms with Gasteiger partial charge in [-0.05, 0) is 18.8 Å². The average Bonchev–Trinajstić information content (AvgIpc) is 3.23. The summed E-state index contributed by atoms with van der Waals surface area (Å²) >= 11 is 0. The number of hydrogen-bond donors (Lipinski definition) is 2. The molecule has 1 saturated heterocycles. The highest BCUT2D eigenvalue weighted by Gasteiger charge is 2.28. The third kappa shape index (κ3) is 3.69. The normalized spacial score (nSPS) is 18.4. The zero-order valence-corrected chi connectivity index (χ0v) is 13.5. The molecule has 2 amide bonds. The molecule has 0 spiro atoms. The number of imidazole rings is 1. The average molecular weight is 318 g/mol. The van der Waals surface area contributed by atoms with E-state index in [0.717, 1.165) is 19.4 Å². The molecule has 0 bridgehead atoms. The van der Waals surface area contributed by atoms with Crippen molar-refractivity contribution in [2.45, 2.75) is 32.6 Å². The molecule has 3 heterocycles. The van der Waals surface area contributed by atoms with Crippen LogP contribution in [0.1, 0.15) is 38.5 Å². The highest BCUT2D eigenvalue weighted by molar-refractivity contribution is 5.74. The number of nitrogens with zero attached hydrogens (tertiary/aromatic N) is 4. The van der Waals surface area contributed by atoms with E-state index in [4.69, 9.17) is 4.52 Å². The Morgan fingerprint density at radius 3 is 3.17 bits per heavy atom. The van der Waals surface area contributed by atoms with Gasteiger partial charge in [-0.15, -0.1) is 0 Å². The van der Waals surface area contributed by atoms with Crippen LogP contribution in [0, 0.1) is 5.92 Å². The first-order valence-electron chi connectivity index (χ1n) is 7.99. The van der Waals surface area contributed by atoms with E-state index >= 15 is 0 Å². The number of nitrogens with one attached hydrogen (secondary N) is 2. The van der Waals surface area contributed by atoms with Crippen LogP contribution in [0.25, 0.3) is 11.6 Å². The largest absolute Gasteiger partial charge is 0.342 e. The molecule has 8 heteroatoms. The first-order chi connectivity index (χ1) is 11.1. The van der Waals surface area contributed by atoms with E-state index in [1.54, 1.807) is 12.4 Å². The SMILES string of the molecule is CC(C)CNC(=O)N1CCCC(c2nc(-c3ncc[nH]3)no2)C1. The smallest absolute Gasteiger partial charge is 0.317 e. The number of urea groups is 1. The van der Waals surface area contributed by atoms with Gasteiger partial charge in [0.05, 0.1) is 5.92 Å². The molecule has 1 fully saturated rings. The Morgan fingerprint density at radius 2 is 2.43 bits per heavy atom. The number of amides is 2. The molecule has 2 aromatic heterocycles. The van der Waals surface area contributed by atoms with Crippen molar-refractivity contribution in [3.8, 4) is 11.6 Å². The first-order valence-corrected chi connectivity index (χ1v) is 7.99. The molecule has 124 valence electrons. The molecular formula is C15H22N6O2. The summed E-state index contributed by atoms with van der Waals surface area (Å²) in [5.74, 6) is 2.11. The third-order valence-electron chi connectivity index (χ3n) is 3.87. The second kappa shape index (κ2) is 6.80. The minimum atomic E-state index is -0.0193. The fraction of sp³-hybridized carbons (Fsp3) is 0.600. The van der Waals surface area contributed by atoms with Crippen LogP contribution in [0.15, 0.2) is 16.9 Å². The van der Waals surface area contributed by atoms with Crippen molar-refractivity contribution < 1.29 is 9.32 Å². The van der Waals surface area contributed by atoms with Gasteiger partial charge >= 0.3 is 6.03 Å². The number of rotatable bonds is 4. The lowest BCUT2D eigenvalue weighted by Gasteiger charge is -2.31. The fourth-order valence-corrected chi connectivity index (χ4v) is 2.65. The Bertz CT molecular complexity index is 636. The van der Waals surface area contributed by atoms with Crippen LogP contribution in [0.4, 0.5) is 4.79 Å². The van der Waals surface area contributed by atoms with Gasteiger partial charge < -0.3 is 19.7 Å². The molecule has 0 radical (unpaired) electrons. The van der Waals surface area contributed by atoms with Gasteiger partial charge in [0.25, 0.3) is 0 Å². The number of aromatic amines is 1. The third-order valence-corrected chi connectivity index (χ3v) is 3.87.